The molecular weight excluding hydrogens is 542 g/mol. The van der Waals surface area contributed by atoms with Gasteiger partial charge in [-0.15, -0.1) is 0 Å². The number of aryl methyl sites for hydroxylation is 2. The number of nitrogens with zero attached hydrogens (tertiary/aromatic N) is 6. The molecule has 4 unspecified atom stereocenters. The first-order chi connectivity index (χ1) is 23.9. The molecule has 0 spiro atoms. The van der Waals surface area contributed by atoms with Crippen molar-refractivity contribution in [2.45, 2.75) is 63.7 Å². The third-order valence-corrected chi connectivity index (χ3v) is 8.19. The summed E-state index contributed by atoms with van der Waals surface area (Å²) >= 11 is 0. The summed E-state index contributed by atoms with van der Waals surface area (Å²) in [5.74, 6) is -0.382. The number of methoxy groups -OCH3 is 2. The van der Waals surface area contributed by atoms with Crippen LogP contribution in [0.3, 0.4) is 0 Å². The van der Waals surface area contributed by atoms with Crippen LogP contribution in [0.5, 0.6) is 0 Å². The van der Waals surface area contributed by atoms with Gasteiger partial charge in [-0.05, 0) is 50.2 Å². The Morgan fingerprint density at radius 1 is 1.24 bits per heavy atom. The molecule has 222 valence electrons. The smallest absolute Gasteiger partial charge is 0.407 e. The van der Waals surface area contributed by atoms with Gasteiger partial charge in [0.05, 0.1) is 33.9 Å². The Balaban J connectivity index is 1.40. The molecule has 2 fully saturated rings. The molecule has 42 heavy (non-hydrogen) atoms. The molecule has 6 rings (SSSR count). The van der Waals surface area contributed by atoms with Crippen LogP contribution in [0, 0.1) is 12.8 Å². The number of hydrogen-bond donors (Lipinski definition) is 3. The lowest BCUT2D eigenvalue weighted by Crippen LogP contribution is -2.37. The number of carbonyl (C=O) groups excluding carboxylic acids is 2. The van der Waals surface area contributed by atoms with Gasteiger partial charge in [0, 0.05) is 36.3 Å². The molecule has 2 aliphatic rings. The number of carbonyl (C=O) groups is 2. The summed E-state index contributed by atoms with van der Waals surface area (Å²) in [6.45, 7) is 0.186. The number of nitrogens with two attached hydrogens (primary N) is 1. The number of alkyl carbamates (subject to hydrolysis) is 1. The Labute approximate surface area is 255 Å². The average Bonchev–Trinajstić information content (AvgIpc) is 3.22. The summed E-state index contributed by atoms with van der Waals surface area (Å²) in [6.07, 6.45) is 0.199. The Hall–Kier alpha value is -4.46. The van der Waals surface area contributed by atoms with E-state index < -0.39 is 62.9 Å². The second-order valence-electron chi connectivity index (χ2n) is 10.7. The van der Waals surface area contributed by atoms with Crippen LogP contribution in [0.2, 0.25) is 0 Å². The van der Waals surface area contributed by atoms with Gasteiger partial charge in [-0.3, -0.25) is 18.5 Å². The van der Waals surface area contributed by atoms with Crippen molar-refractivity contribution < 1.29 is 32.8 Å². The summed E-state index contributed by atoms with van der Waals surface area (Å²) in [4.78, 5) is 52.3. The van der Waals surface area contributed by atoms with Crippen molar-refractivity contribution in [1.29, 1.82) is 0 Å². The van der Waals surface area contributed by atoms with Crippen LogP contribution >= 0.6 is 0 Å². The summed E-state index contributed by atoms with van der Waals surface area (Å²) in [7, 11) is -5.77. The molecule has 4 aromatic heterocycles. The van der Waals surface area contributed by atoms with Crippen molar-refractivity contribution in [3.63, 3.8) is 0 Å². The largest absolute Gasteiger partial charge is 0.453 e. The lowest BCUT2D eigenvalue weighted by atomic mass is 10.2. The Kier molecular flexibility index (Phi) is 4.37. The fourth-order valence-corrected chi connectivity index (χ4v) is 6.06. The van der Waals surface area contributed by atoms with Crippen molar-refractivity contribution in [3.05, 3.63) is 40.2 Å². The topological polar surface area (TPSA) is 173 Å². The normalized spacial score (nSPS) is 29.6. The van der Waals surface area contributed by atoms with E-state index in [9.17, 15) is 14.4 Å². The number of nitrogens with one attached hydrogen (secondary N) is 2. The molecule has 0 saturated heterocycles. The number of pyridine rings is 2. The SMILES string of the molecule is [2H]C1(NC(=O)OC([2H])([2H])[2H])CCC(n2c(=O)n(C([2H])([2H])[2H])c3cnc(Nc4cc(C)c5nc(COC([2H])([2H])[2H])n(C6(C(N)=O)CC6C)c5n4)cc32)C1. The van der Waals surface area contributed by atoms with E-state index in [0.29, 0.717) is 22.1 Å². The van der Waals surface area contributed by atoms with Crippen molar-refractivity contribution >= 4 is 45.8 Å². The summed E-state index contributed by atoms with van der Waals surface area (Å²) in [6, 6.07) is 0.556. The van der Waals surface area contributed by atoms with Crippen molar-refractivity contribution in [1.82, 2.24) is 34.0 Å². The molecule has 2 aliphatic carbocycles. The van der Waals surface area contributed by atoms with Gasteiger partial charge < -0.3 is 25.8 Å². The minimum absolute atomic E-state index is 0.00146. The van der Waals surface area contributed by atoms with Crippen LogP contribution in [0.25, 0.3) is 22.2 Å². The van der Waals surface area contributed by atoms with Gasteiger partial charge in [0.2, 0.25) is 5.91 Å². The fourth-order valence-electron chi connectivity index (χ4n) is 6.06. The van der Waals surface area contributed by atoms with Crippen molar-refractivity contribution in [2.24, 2.45) is 18.6 Å². The Morgan fingerprint density at radius 3 is 2.79 bits per heavy atom. The van der Waals surface area contributed by atoms with E-state index in [-0.39, 0.29) is 59.3 Å². The quantitative estimate of drug-likeness (QED) is 0.280. The number of amides is 2. The predicted octanol–water partition coefficient (Wildman–Crippen LogP) is 2.35. The van der Waals surface area contributed by atoms with Crippen LogP contribution in [0.4, 0.5) is 16.4 Å². The second-order valence-corrected chi connectivity index (χ2v) is 10.7. The van der Waals surface area contributed by atoms with E-state index >= 15 is 0 Å². The Morgan fingerprint density at radius 2 is 2.07 bits per heavy atom. The van der Waals surface area contributed by atoms with E-state index in [4.69, 9.17) is 29.2 Å². The van der Waals surface area contributed by atoms with Gasteiger partial charge in [-0.1, -0.05) is 6.92 Å². The first-order valence-electron chi connectivity index (χ1n) is 18.2. The molecule has 4 N–H and O–H groups in total. The highest BCUT2D eigenvalue weighted by Gasteiger charge is 2.59. The van der Waals surface area contributed by atoms with Crippen molar-refractivity contribution in [2.75, 3.05) is 19.4 Å². The number of hydrogen-bond acceptors (Lipinski definition) is 9. The van der Waals surface area contributed by atoms with E-state index in [1.807, 2.05) is 6.92 Å². The lowest BCUT2D eigenvalue weighted by Gasteiger charge is -2.19. The minimum atomic E-state index is -3.04. The zero-order valence-corrected chi connectivity index (χ0v) is 22.7. The van der Waals surface area contributed by atoms with Gasteiger partial charge in [0.15, 0.2) is 5.65 Å². The number of aromatic nitrogens is 6. The number of anilines is 2. The van der Waals surface area contributed by atoms with Gasteiger partial charge in [0.1, 0.15) is 35.1 Å². The molecule has 4 heterocycles. The predicted molar refractivity (Wildman–Crippen MR) is 154 cm³/mol. The van der Waals surface area contributed by atoms with Gasteiger partial charge in [-0.2, -0.15) is 0 Å². The highest BCUT2D eigenvalue weighted by molar-refractivity contribution is 5.90. The van der Waals surface area contributed by atoms with Crippen LogP contribution in [0.15, 0.2) is 23.1 Å². The molecule has 14 nitrogen and oxygen atoms in total. The molecule has 0 aromatic carbocycles. The number of rotatable bonds is 8. The molecular formula is C28H35N9O5. The van der Waals surface area contributed by atoms with Crippen molar-refractivity contribution in [3.8, 4) is 0 Å². The molecule has 0 radical (unpaired) electrons. The number of primary amides is 1. The highest BCUT2D eigenvalue weighted by atomic mass is 16.5. The molecule has 4 aromatic rings. The highest BCUT2D eigenvalue weighted by Crippen LogP contribution is 2.52. The number of fused-ring (bicyclic) bond motifs is 2. The van der Waals surface area contributed by atoms with Gasteiger partial charge in [-0.25, -0.2) is 24.5 Å². The molecule has 0 bridgehead atoms. The molecule has 2 amide bonds. The summed E-state index contributed by atoms with van der Waals surface area (Å²) in [5, 5.41) is 5.29. The van der Waals surface area contributed by atoms with E-state index in [1.54, 1.807) is 13.0 Å². The first kappa shape index (κ1) is 18.2. The molecule has 0 aliphatic heterocycles. The summed E-state index contributed by atoms with van der Waals surface area (Å²) < 4.78 is 89.4. The van der Waals surface area contributed by atoms with Gasteiger partial charge >= 0.3 is 11.8 Å². The third-order valence-electron chi connectivity index (χ3n) is 8.19. The number of ether oxygens (including phenoxy) is 2. The average molecular weight is 588 g/mol. The van der Waals surface area contributed by atoms with Crippen LogP contribution in [0.1, 0.15) is 63.7 Å². The fraction of sp³-hybridized carbons (Fsp3) is 0.500. The first-order valence-corrected chi connectivity index (χ1v) is 13.2. The molecule has 2 saturated carbocycles. The number of imidazole rings is 2. The standard InChI is InChI=1S/C28H35N9O5/c1-14-8-21(33-24-23(14)34-22(13-41-4)37(24)28(25(29)38)11-15(28)2)32-20-10-18-19(12-30-20)35(3)27(40)36(18)17-7-6-16(9-17)31-26(39)42-5/h8,10,12,15-17H,6-7,9,11,13H2,1-5H3,(H2,29,38)(H,31,39)(H,30,32,33)/i3D3,4D3,5D3,16D. The van der Waals surface area contributed by atoms with E-state index in [1.165, 1.54) is 21.4 Å². The maximum absolute atomic E-state index is 13.7. The lowest BCUT2D eigenvalue weighted by molar-refractivity contribution is -0.122. The van der Waals surface area contributed by atoms with Gasteiger partial charge in [0.25, 0.3) is 0 Å². The second kappa shape index (κ2) is 10.1. The zero-order chi connectivity index (χ0) is 38.3. The zero-order valence-electron chi connectivity index (χ0n) is 32.7. The molecule has 14 heteroatoms. The van der Waals surface area contributed by atoms with Crippen LogP contribution in [-0.4, -0.2) is 60.7 Å². The van der Waals surface area contributed by atoms with E-state index in [2.05, 4.69) is 25.3 Å². The maximum atomic E-state index is 13.7. The van der Waals surface area contributed by atoms with E-state index in [0.717, 1.165) is 0 Å². The maximum Gasteiger partial charge on any atom is 0.407 e. The monoisotopic (exact) mass is 587 g/mol. The minimum Gasteiger partial charge on any atom is -0.453 e. The summed E-state index contributed by atoms with van der Waals surface area (Å²) in [5.41, 5.74) is 5.02. The van der Waals surface area contributed by atoms with Crippen LogP contribution in [-0.2, 0) is 33.4 Å². The molecule has 4 atom stereocenters. The Bertz CT molecular complexity index is 2160. The van der Waals surface area contributed by atoms with Crippen LogP contribution < -0.4 is 22.1 Å². The third kappa shape index (κ3) is 4.28.